The molecule has 8 heteroatoms. The Bertz CT molecular complexity index is 627. The van der Waals surface area contributed by atoms with Gasteiger partial charge in [0.05, 0.1) is 17.2 Å². The van der Waals surface area contributed by atoms with E-state index in [2.05, 4.69) is 30.9 Å². The average Bonchev–Trinajstić information content (AvgIpc) is 2.36. The lowest BCUT2D eigenvalue weighted by Gasteiger charge is -2.07. The third kappa shape index (κ3) is 3.13. The Morgan fingerprint density at radius 1 is 1.26 bits per heavy atom. The van der Waals surface area contributed by atoms with E-state index in [0.29, 0.717) is 11.1 Å². The molecule has 1 aromatic heterocycles. The van der Waals surface area contributed by atoms with Gasteiger partial charge in [-0.05, 0) is 46.6 Å². The van der Waals surface area contributed by atoms with Crippen molar-refractivity contribution in [2.45, 2.75) is 6.92 Å². The number of rotatable bonds is 3. The fourth-order valence-corrected chi connectivity index (χ4v) is 1.97. The van der Waals surface area contributed by atoms with Crippen LogP contribution in [0.1, 0.15) is 6.92 Å². The first kappa shape index (κ1) is 14.4. The zero-order valence-electron chi connectivity index (χ0n) is 9.62. The fraction of sp³-hybridized carbons (Fsp3) is 0.182. The molecule has 0 unspecified atom stereocenters. The summed E-state index contributed by atoms with van der Waals surface area (Å²) in [5.74, 6) is -0.573. The number of benzene rings is 1. The Hall–Kier alpha value is -0.980. The molecule has 0 atom stereocenters. The summed E-state index contributed by atoms with van der Waals surface area (Å²) in [6, 6.07) is 3.13. The molecule has 2 rings (SSSR count). The summed E-state index contributed by atoms with van der Waals surface area (Å²) < 4.78 is 19.6. The van der Waals surface area contributed by atoms with Crippen molar-refractivity contribution >= 4 is 39.1 Å². The highest BCUT2D eigenvalue weighted by Gasteiger charge is 2.16. The van der Waals surface area contributed by atoms with E-state index in [0.717, 1.165) is 0 Å². The van der Waals surface area contributed by atoms with Crippen molar-refractivity contribution in [1.82, 2.24) is 15.0 Å². The predicted molar refractivity (Wildman–Crippen MR) is 74.1 cm³/mol. The highest BCUT2D eigenvalue weighted by molar-refractivity contribution is 9.10. The largest absolute Gasteiger partial charge is 0.464 e. The number of hydrogen-bond donors (Lipinski definition) is 0. The van der Waals surface area contributed by atoms with Crippen LogP contribution in [0.3, 0.4) is 0 Å². The number of halogens is 4. The molecule has 0 bridgehead atoms. The second-order valence-corrected chi connectivity index (χ2v) is 4.94. The fourth-order valence-electron chi connectivity index (χ4n) is 1.34. The van der Waals surface area contributed by atoms with Crippen LogP contribution in [0, 0.1) is 5.82 Å². The molecule has 0 spiro atoms. The van der Waals surface area contributed by atoms with E-state index in [1.807, 2.05) is 0 Å². The van der Waals surface area contributed by atoms with Gasteiger partial charge in [0.25, 0.3) is 0 Å². The smallest absolute Gasteiger partial charge is 0.321 e. The van der Waals surface area contributed by atoms with Gasteiger partial charge in [-0.2, -0.15) is 15.0 Å². The maximum atomic E-state index is 14.1. The van der Waals surface area contributed by atoms with Crippen molar-refractivity contribution in [2.24, 2.45) is 0 Å². The summed E-state index contributed by atoms with van der Waals surface area (Å²) in [7, 11) is 0. The zero-order valence-corrected chi connectivity index (χ0v) is 12.7. The van der Waals surface area contributed by atoms with Crippen molar-refractivity contribution in [2.75, 3.05) is 6.61 Å². The molecule has 100 valence electrons. The van der Waals surface area contributed by atoms with Crippen LogP contribution in [0.4, 0.5) is 4.39 Å². The van der Waals surface area contributed by atoms with E-state index in [4.69, 9.17) is 27.9 Å². The Morgan fingerprint density at radius 3 is 2.68 bits per heavy atom. The van der Waals surface area contributed by atoms with Crippen molar-refractivity contribution < 1.29 is 9.13 Å². The maximum Gasteiger partial charge on any atom is 0.321 e. The first-order valence-electron chi connectivity index (χ1n) is 5.21. The van der Waals surface area contributed by atoms with Crippen LogP contribution < -0.4 is 4.74 Å². The van der Waals surface area contributed by atoms with Gasteiger partial charge in [0.1, 0.15) is 0 Å². The molecule has 0 saturated carbocycles. The molecule has 0 fully saturated rings. The quantitative estimate of drug-likeness (QED) is 0.765. The van der Waals surface area contributed by atoms with Gasteiger partial charge in [0.15, 0.2) is 11.6 Å². The maximum absolute atomic E-state index is 14.1. The van der Waals surface area contributed by atoms with Gasteiger partial charge in [-0.15, -0.1) is 0 Å². The third-order valence-corrected chi connectivity index (χ3v) is 3.56. The molecule has 0 saturated heterocycles. The van der Waals surface area contributed by atoms with Crippen molar-refractivity contribution in [1.29, 1.82) is 0 Å². The molecule has 2 aromatic rings. The molecular weight excluding hydrogens is 360 g/mol. The SMILES string of the molecule is CCOc1nc(Cl)nc(-c2ccc(Br)c(Cl)c2F)n1. The van der Waals surface area contributed by atoms with Crippen LogP contribution in [0.15, 0.2) is 16.6 Å². The van der Waals surface area contributed by atoms with Gasteiger partial charge in [-0.1, -0.05) is 11.6 Å². The van der Waals surface area contributed by atoms with Crippen LogP contribution in [-0.2, 0) is 0 Å². The third-order valence-electron chi connectivity index (χ3n) is 2.14. The number of hydrogen-bond acceptors (Lipinski definition) is 4. The number of nitrogens with zero attached hydrogens (tertiary/aromatic N) is 3. The highest BCUT2D eigenvalue weighted by Crippen LogP contribution is 2.32. The molecule has 0 aliphatic heterocycles. The van der Waals surface area contributed by atoms with E-state index < -0.39 is 5.82 Å². The van der Waals surface area contributed by atoms with Crippen LogP contribution in [-0.4, -0.2) is 21.6 Å². The zero-order chi connectivity index (χ0) is 14.0. The second kappa shape index (κ2) is 5.98. The Labute approximate surface area is 127 Å². The molecule has 0 N–H and O–H groups in total. The number of ether oxygens (including phenoxy) is 1. The van der Waals surface area contributed by atoms with E-state index in [1.165, 1.54) is 6.07 Å². The lowest BCUT2D eigenvalue weighted by molar-refractivity contribution is 0.312. The molecule has 1 heterocycles. The van der Waals surface area contributed by atoms with Gasteiger partial charge in [0.2, 0.25) is 5.28 Å². The van der Waals surface area contributed by atoms with Crippen LogP contribution in [0.25, 0.3) is 11.4 Å². The van der Waals surface area contributed by atoms with Crippen molar-refractivity contribution in [3.63, 3.8) is 0 Å². The first-order valence-corrected chi connectivity index (χ1v) is 6.76. The summed E-state index contributed by atoms with van der Waals surface area (Å²) in [5, 5.41) is -0.126. The van der Waals surface area contributed by atoms with Gasteiger partial charge in [-0.25, -0.2) is 4.39 Å². The summed E-state index contributed by atoms with van der Waals surface area (Å²) >= 11 is 14.7. The van der Waals surface area contributed by atoms with E-state index in [1.54, 1.807) is 13.0 Å². The van der Waals surface area contributed by atoms with Crippen LogP contribution >= 0.6 is 39.1 Å². The lowest BCUT2D eigenvalue weighted by atomic mass is 10.2. The first-order chi connectivity index (χ1) is 9.02. The summed E-state index contributed by atoms with van der Waals surface area (Å²) in [6.07, 6.45) is 0. The molecule has 0 aliphatic rings. The van der Waals surface area contributed by atoms with Gasteiger partial charge < -0.3 is 4.74 Å². The molecule has 4 nitrogen and oxygen atoms in total. The van der Waals surface area contributed by atoms with E-state index in [-0.39, 0.29) is 27.7 Å². The second-order valence-electron chi connectivity index (χ2n) is 3.37. The predicted octanol–water partition coefficient (Wildman–Crippen LogP) is 4.15. The minimum atomic E-state index is -0.638. The van der Waals surface area contributed by atoms with E-state index in [9.17, 15) is 4.39 Å². The van der Waals surface area contributed by atoms with Crippen molar-refractivity contribution in [3.8, 4) is 17.4 Å². The Kier molecular flexibility index (Phi) is 4.54. The molecular formula is C11H7BrCl2FN3O. The minimum absolute atomic E-state index is 0.0379. The monoisotopic (exact) mass is 365 g/mol. The van der Waals surface area contributed by atoms with Crippen LogP contribution in [0.5, 0.6) is 6.01 Å². The minimum Gasteiger partial charge on any atom is -0.464 e. The van der Waals surface area contributed by atoms with Crippen LogP contribution in [0.2, 0.25) is 10.3 Å². The average molecular weight is 367 g/mol. The number of aromatic nitrogens is 3. The Balaban J connectivity index is 2.55. The molecule has 19 heavy (non-hydrogen) atoms. The molecule has 0 radical (unpaired) electrons. The molecule has 0 amide bonds. The standard InChI is InChI=1S/C11H7BrCl2FN3O/c1-2-19-11-17-9(16-10(14)18-11)5-3-4-6(12)7(13)8(5)15/h3-4H,2H2,1H3. The molecule has 0 aliphatic carbocycles. The van der Waals surface area contributed by atoms with Gasteiger partial charge in [-0.3, -0.25) is 0 Å². The van der Waals surface area contributed by atoms with Gasteiger partial charge in [0, 0.05) is 4.47 Å². The van der Waals surface area contributed by atoms with E-state index >= 15 is 0 Å². The summed E-state index contributed by atoms with van der Waals surface area (Å²) in [6.45, 7) is 2.14. The summed E-state index contributed by atoms with van der Waals surface area (Å²) in [4.78, 5) is 11.6. The Morgan fingerprint density at radius 2 is 2.00 bits per heavy atom. The molecule has 1 aromatic carbocycles. The topological polar surface area (TPSA) is 47.9 Å². The van der Waals surface area contributed by atoms with Gasteiger partial charge >= 0.3 is 6.01 Å². The highest BCUT2D eigenvalue weighted by atomic mass is 79.9. The lowest BCUT2D eigenvalue weighted by Crippen LogP contribution is -2.02. The normalized spacial score (nSPS) is 10.6. The summed E-state index contributed by atoms with van der Waals surface area (Å²) in [5.41, 5.74) is 0.124. The van der Waals surface area contributed by atoms with Crippen molar-refractivity contribution in [3.05, 3.63) is 32.7 Å².